The number of carbonyl (C=O) groups excluding carboxylic acids is 2. The molecule has 1 aliphatic carbocycles. The van der Waals surface area contributed by atoms with Crippen LogP contribution >= 0.6 is 0 Å². The van der Waals surface area contributed by atoms with E-state index in [4.69, 9.17) is 0 Å². The molecule has 20 heavy (non-hydrogen) atoms. The fourth-order valence-corrected chi connectivity index (χ4v) is 3.39. The number of hydrogen-bond acceptors (Lipinski definition) is 2. The highest BCUT2D eigenvalue weighted by Crippen LogP contribution is 2.44. The molecule has 0 aromatic carbocycles. The Bertz CT molecular complexity index is 369. The van der Waals surface area contributed by atoms with E-state index in [0.29, 0.717) is 24.3 Å². The minimum atomic E-state index is -0.320. The molecule has 0 aromatic rings. The molecule has 1 aliphatic heterocycles. The summed E-state index contributed by atoms with van der Waals surface area (Å²) < 4.78 is 0. The molecular formula is C16H28N2O2. The number of rotatable bonds is 5. The maximum Gasteiger partial charge on any atom is 0.245 e. The minimum Gasteiger partial charge on any atom is -0.344 e. The van der Waals surface area contributed by atoms with Gasteiger partial charge in [-0.3, -0.25) is 9.59 Å². The standard InChI is InChI=1S/C16H28N2O2/c1-4-16(7-5-8-16)11-18-9-6-14(19)17-13(15(18)20)10-12(2)3/h12-13H,4-11H2,1-3H3,(H,17,19). The van der Waals surface area contributed by atoms with E-state index in [9.17, 15) is 9.59 Å². The van der Waals surface area contributed by atoms with Gasteiger partial charge in [0.15, 0.2) is 0 Å². The monoisotopic (exact) mass is 280 g/mol. The van der Waals surface area contributed by atoms with E-state index in [1.807, 2.05) is 4.90 Å². The summed E-state index contributed by atoms with van der Waals surface area (Å²) >= 11 is 0. The van der Waals surface area contributed by atoms with Crippen LogP contribution in [-0.2, 0) is 9.59 Å². The van der Waals surface area contributed by atoms with Crippen LogP contribution in [0.3, 0.4) is 0 Å². The van der Waals surface area contributed by atoms with Crippen LogP contribution in [0.25, 0.3) is 0 Å². The number of nitrogens with one attached hydrogen (secondary N) is 1. The van der Waals surface area contributed by atoms with Crippen molar-refractivity contribution in [3.8, 4) is 0 Å². The van der Waals surface area contributed by atoms with E-state index in [-0.39, 0.29) is 17.9 Å². The first-order chi connectivity index (χ1) is 9.46. The predicted octanol–water partition coefficient (Wildman–Crippen LogP) is 2.33. The lowest BCUT2D eigenvalue weighted by Gasteiger charge is -2.44. The van der Waals surface area contributed by atoms with Gasteiger partial charge in [0, 0.05) is 19.5 Å². The highest BCUT2D eigenvalue weighted by Gasteiger charge is 2.40. The molecule has 2 fully saturated rings. The summed E-state index contributed by atoms with van der Waals surface area (Å²) in [6, 6.07) is -0.320. The molecule has 2 aliphatic rings. The lowest BCUT2D eigenvalue weighted by molar-refractivity contribution is -0.136. The minimum absolute atomic E-state index is 0.0191. The largest absolute Gasteiger partial charge is 0.344 e. The molecule has 2 rings (SSSR count). The van der Waals surface area contributed by atoms with Crippen LogP contribution in [0.5, 0.6) is 0 Å². The van der Waals surface area contributed by atoms with Crippen LogP contribution in [0.2, 0.25) is 0 Å². The van der Waals surface area contributed by atoms with Gasteiger partial charge in [0.25, 0.3) is 0 Å². The van der Waals surface area contributed by atoms with Crippen LogP contribution in [0.4, 0.5) is 0 Å². The van der Waals surface area contributed by atoms with Crippen molar-refractivity contribution in [3.63, 3.8) is 0 Å². The molecule has 1 saturated heterocycles. The van der Waals surface area contributed by atoms with E-state index in [1.165, 1.54) is 19.3 Å². The van der Waals surface area contributed by atoms with Crippen LogP contribution in [0, 0.1) is 11.3 Å². The van der Waals surface area contributed by atoms with Crippen LogP contribution in [0.1, 0.15) is 59.3 Å². The summed E-state index contributed by atoms with van der Waals surface area (Å²) in [4.78, 5) is 26.4. The molecule has 4 heteroatoms. The second kappa shape index (κ2) is 6.15. The molecule has 0 spiro atoms. The Morgan fingerprint density at radius 3 is 2.55 bits per heavy atom. The summed E-state index contributed by atoms with van der Waals surface area (Å²) in [6.45, 7) is 7.83. The smallest absolute Gasteiger partial charge is 0.245 e. The average molecular weight is 280 g/mol. The molecule has 0 aromatic heterocycles. The van der Waals surface area contributed by atoms with Crippen molar-refractivity contribution in [2.75, 3.05) is 13.1 Å². The first kappa shape index (κ1) is 15.3. The van der Waals surface area contributed by atoms with E-state index in [2.05, 4.69) is 26.1 Å². The second-order valence-electron chi connectivity index (χ2n) is 6.97. The Morgan fingerprint density at radius 1 is 1.35 bits per heavy atom. The summed E-state index contributed by atoms with van der Waals surface area (Å²) in [7, 11) is 0. The van der Waals surface area contributed by atoms with Gasteiger partial charge in [0.2, 0.25) is 11.8 Å². The molecule has 0 bridgehead atoms. The van der Waals surface area contributed by atoms with Crippen molar-refractivity contribution < 1.29 is 9.59 Å². The first-order valence-electron chi connectivity index (χ1n) is 8.04. The number of carbonyl (C=O) groups is 2. The zero-order chi connectivity index (χ0) is 14.8. The molecular weight excluding hydrogens is 252 g/mol. The summed E-state index contributed by atoms with van der Waals surface area (Å²) in [5, 5.41) is 2.90. The third kappa shape index (κ3) is 3.33. The third-order valence-corrected chi connectivity index (χ3v) is 4.95. The predicted molar refractivity (Wildman–Crippen MR) is 79.2 cm³/mol. The topological polar surface area (TPSA) is 49.4 Å². The Labute approximate surface area is 122 Å². The highest BCUT2D eigenvalue weighted by molar-refractivity contribution is 5.90. The normalized spacial score (nSPS) is 26.2. The fourth-order valence-electron chi connectivity index (χ4n) is 3.39. The Kier molecular flexibility index (Phi) is 4.71. The van der Waals surface area contributed by atoms with E-state index < -0.39 is 0 Å². The van der Waals surface area contributed by atoms with Crippen molar-refractivity contribution in [1.82, 2.24) is 10.2 Å². The van der Waals surface area contributed by atoms with Gasteiger partial charge in [-0.15, -0.1) is 0 Å². The summed E-state index contributed by atoms with van der Waals surface area (Å²) in [5.41, 5.74) is 0.325. The average Bonchev–Trinajstić information content (AvgIpc) is 2.46. The van der Waals surface area contributed by atoms with E-state index >= 15 is 0 Å². The molecule has 1 N–H and O–H groups in total. The van der Waals surface area contributed by atoms with Gasteiger partial charge in [0.05, 0.1) is 0 Å². The molecule has 1 unspecified atom stereocenters. The second-order valence-corrected chi connectivity index (χ2v) is 6.97. The molecule has 114 valence electrons. The molecule has 4 nitrogen and oxygen atoms in total. The van der Waals surface area contributed by atoms with Gasteiger partial charge in [-0.25, -0.2) is 0 Å². The fraction of sp³-hybridized carbons (Fsp3) is 0.875. The summed E-state index contributed by atoms with van der Waals surface area (Å²) in [6.07, 6.45) is 6.04. The zero-order valence-corrected chi connectivity index (χ0v) is 13.1. The van der Waals surface area contributed by atoms with E-state index in [0.717, 1.165) is 19.4 Å². The Hall–Kier alpha value is -1.06. The van der Waals surface area contributed by atoms with Gasteiger partial charge >= 0.3 is 0 Å². The van der Waals surface area contributed by atoms with Gasteiger partial charge in [-0.05, 0) is 37.0 Å². The van der Waals surface area contributed by atoms with Crippen molar-refractivity contribution in [2.45, 2.75) is 65.3 Å². The highest BCUT2D eigenvalue weighted by atomic mass is 16.2. The van der Waals surface area contributed by atoms with Crippen molar-refractivity contribution >= 4 is 11.8 Å². The Morgan fingerprint density at radius 2 is 2.05 bits per heavy atom. The third-order valence-electron chi connectivity index (χ3n) is 4.95. The van der Waals surface area contributed by atoms with Gasteiger partial charge in [-0.1, -0.05) is 27.2 Å². The number of nitrogens with zero attached hydrogens (tertiary/aromatic N) is 1. The van der Waals surface area contributed by atoms with Gasteiger partial charge in [-0.2, -0.15) is 0 Å². The van der Waals surface area contributed by atoms with Crippen molar-refractivity contribution in [2.24, 2.45) is 11.3 Å². The summed E-state index contributed by atoms with van der Waals surface area (Å²) in [5.74, 6) is 0.558. The van der Waals surface area contributed by atoms with Crippen LogP contribution < -0.4 is 5.32 Å². The number of hydrogen-bond donors (Lipinski definition) is 1. The molecule has 0 radical (unpaired) electrons. The van der Waals surface area contributed by atoms with Crippen LogP contribution in [-0.4, -0.2) is 35.8 Å². The SMILES string of the molecule is CCC1(CN2CCC(=O)NC(CC(C)C)C2=O)CCC1. The lowest BCUT2D eigenvalue weighted by Crippen LogP contribution is -2.50. The van der Waals surface area contributed by atoms with Gasteiger partial charge < -0.3 is 10.2 Å². The lowest BCUT2D eigenvalue weighted by atomic mass is 9.66. The quantitative estimate of drug-likeness (QED) is 0.840. The molecule has 2 amide bonds. The maximum absolute atomic E-state index is 12.7. The van der Waals surface area contributed by atoms with Gasteiger partial charge in [0.1, 0.15) is 6.04 Å². The van der Waals surface area contributed by atoms with Crippen LogP contribution in [0.15, 0.2) is 0 Å². The Balaban J connectivity index is 2.06. The van der Waals surface area contributed by atoms with E-state index in [1.54, 1.807) is 0 Å². The molecule has 1 heterocycles. The first-order valence-corrected chi connectivity index (χ1v) is 8.04. The zero-order valence-electron chi connectivity index (χ0n) is 13.1. The van der Waals surface area contributed by atoms with Crippen molar-refractivity contribution in [3.05, 3.63) is 0 Å². The molecule has 1 atom stereocenters. The maximum atomic E-state index is 12.7. The number of amides is 2. The van der Waals surface area contributed by atoms with Crippen molar-refractivity contribution in [1.29, 1.82) is 0 Å². The molecule has 1 saturated carbocycles.